The fourth-order valence-electron chi connectivity index (χ4n) is 4.01. The van der Waals surface area contributed by atoms with E-state index in [9.17, 15) is 18.0 Å². The van der Waals surface area contributed by atoms with Gasteiger partial charge in [0.05, 0.1) is 11.4 Å². The molecule has 0 aliphatic heterocycles. The van der Waals surface area contributed by atoms with Crippen molar-refractivity contribution in [2.45, 2.75) is 63.1 Å². The van der Waals surface area contributed by atoms with Gasteiger partial charge in [0.2, 0.25) is 21.8 Å². The quantitative estimate of drug-likeness (QED) is 0.609. The lowest BCUT2D eigenvalue weighted by Gasteiger charge is -2.31. The largest absolute Gasteiger partial charge is 0.352 e. The third-order valence-electron chi connectivity index (χ3n) is 6.15. The number of nitrogens with zero attached hydrogens (tertiary/aromatic N) is 2. The highest BCUT2D eigenvalue weighted by Crippen LogP contribution is 2.19. The molecule has 7 nitrogen and oxygen atoms in total. The van der Waals surface area contributed by atoms with Crippen molar-refractivity contribution in [2.24, 2.45) is 0 Å². The maximum absolute atomic E-state index is 13.3. The first kappa shape index (κ1) is 24.9. The molecular weight excluding hydrogens is 438 g/mol. The molecule has 0 aromatic heterocycles. The molecule has 3 rings (SSSR count). The number of sulfonamides is 1. The zero-order valence-corrected chi connectivity index (χ0v) is 20.3. The number of carbonyl (C=O) groups is 2. The van der Waals surface area contributed by atoms with Crippen LogP contribution in [0, 0.1) is 6.92 Å². The van der Waals surface area contributed by atoms with Gasteiger partial charge >= 0.3 is 0 Å². The number of benzene rings is 2. The van der Waals surface area contributed by atoms with Gasteiger partial charge in [0.25, 0.3) is 0 Å². The summed E-state index contributed by atoms with van der Waals surface area (Å²) in [7, 11) is -2.45. The molecule has 0 heterocycles. The van der Waals surface area contributed by atoms with Crippen LogP contribution >= 0.6 is 0 Å². The van der Waals surface area contributed by atoms with Gasteiger partial charge in [0, 0.05) is 19.6 Å². The van der Waals surface area contributed by atoms with Gasteiger partial charge in [-0.15, -0.1) is 0 Å². The summed E-state index contributed by atoms with van der Waals surface area (Å²) in [6.07, 6.45) is 4.08. The molecule has 2 aromatic carbocycles. The summed E-state index contributed by atoms with van der Waals surface area (Å²) in [5, 5.41) is 3.05. The van der Waals surface area contributed by atoms with Gasteiger partial charge in [-0.25, -0.2) is 8.42 Å². The van der Waals surface area contributed by atoms with Crippen LogP contribution in [0.4, 0.5) is 0 Å². The first-order chi connectivity index (χ1) is 15.7. The van der Waals surface area contributed by atoms with Gasteiger partial charge in [0.15, 0.2) is 0 Å². The van der Waals surface area contributed by atoms with Crippen LogP contribution in [0.15, 0.2) is 59.5 Å². The zero-order valence-electron chi connectivity index (χ0n) is 19.5. The molecule has 0 saturated heterocycles. The van der Waals surface area contributed by atoms with E-state index in [1.165, 1.54) is 24.1 Å². The Morgan fingerprint density at radius 2 is 1.64 bits per heavy atom. The Kier molecular flexibility index (Phi) is 8.26. The van der Waals surface area contributed by atoms with E-state index in [-0.39, 0.29) is 29.9 Å². The fraction of sp³-hybridized carbons (Fsp3) is 0.440. The third-order valence-corrected chi connectivity index (χ3v) is 7.97. The number of carbonyl (C=O) groups excluding carboxylic acids is 2. The molecule has 1 aliphatic carbocycles. The van der Waals surface area contributed by atoms with Crippen molar-refractivity contribution in [1.29, 1.82) is 0 Å². The molecule has 0 unspecified atom stereocenters. The first-order valence-corrected chi connectivity index (χ1v) is 12.8. The van der Waals surface area contributed by atoms with Crippen molar-refractivity contribution in [3.8, 4) is 0 Å². The van der Waals surface area contributed by atoms with Crippen LogP contribution in [0.25, 0.3) is 0 Å². The molecule has 0 spiro atoms. The Labute approximate surface area is 196 Å². The Bertz CT molecular complexity index is 1050. The molecule has 2 aromatic rings. The number of likely N-dealkylation sites (N-methyl/N-ethyl adjacent to an activating group) is 1. The molecule has 1 fully saturated rings. The molecule has 2 amide bonds. The van der Waals surface area contributed by atoms with E-state index in [1.54, 1.807) is 19.1 Å². The molecule has 33 heavy (non-hydrogen) atoms. The van der Waals surface area contributed by atoms with E-state index in [1.807, 2.05) is 37.3 Å². The van der Waals surface area contributed by atoms with E-state index >= 15 is 0 Å². The van der Waals surface area contributed by atoms with Crippen molar-refractivity contribution < 1.29 is 18.0 Å². The average molecular weight is 472 g/mol. The topological polar surface area (TPSA) is 86.8 Å². The molecule has 0 radical (unpaired) electrons. The molecule has 1 aliphatic rings. The molecule has 8 heteroatoms. The highest BCUT2D eigenvalue weighted by Gasteiger charge is 2.31. The second-order valence-corrected chi connectivity index (χ2v) is 10.8. The molecule has 1 atom stereocenters. The Hall–Kier alpha value is -2.71. The van der Waals surface area contributed by atoms with Gasteiger partial charge < -0.3 is 10.2 Å². The smallest absolute Gasteiger partial charge is 0.243 e. The summed E-state index contributed by atoms with van der Waals surface area (Å²) < 4.78 is 27.0. The van der Waals surface area contributed by atoms with E-state index in [2.05, 4.69) is 5.32 Å². The number of hydrogen-bond donors (Lipinski definition) is 1. The van der Waals surface area contributed by atoms with Crippen LogP contribution in [0.5, 0.6) is 0 Å². The van der Waals surface area contributed by atoms with E-state index < -0.39 is 22.0 Å². The van der Waals surface area contributed by atoms with Crippen molar-refractivity contribution in [2.75, 3.05) is 13.6 Å². The highest BCUT2D eigenvalue weighted by atomic mass is 32.2. The fourth-order valence-corrected chi connectivity index (χ4v) is 5.13. The summed E-state index contributed by atoms with van der Waals surface area (Å²) in [6, 6.07) is 15.3. The van der Waals surface area contributed by atoms with Crippen LogP contribution < -0.4 is 5.32 Å². The zero-order chi connectivity index (χ0) is 24.0. The molecule has 0 bridgehead atoms. The van der Waals surface area contributed by atoms with Crippen LogP contribution in [0.1, 0.15) is 43.7 Å². The summed E-state index contributed by atoms with van der Waals surface area (Å²) in [5.74, 6) is -0.638. The number of amides is 2. The van der Waals surface area contributed by atoms with Gasteiger partial charge in [-0.3, -0.25) is 9.59 Å². The van der Waals surface area contributed by atoms with E-state index in [0.29, 0.717) is 0 Å². The third kappa shape index (κ3) is 6.42. The average Bonchev–Trinajstić information content (AvgIpc) is 3.31. The SMILES string of the molecule is Cc1ccc(S(=O)(=O)N(C)CC(=O)N(Cc2ccccc2)[C@H](C)C(=O)NC2CCCC2)cc1. The number of hydrogen-bond acceptors (Lipinski definition) is 4. The van der Waals surface area contributed by atoms with Crippen LogP contribution in [-0.4, -0.2) is 55.1 Å². The summed E-state index contributed by atoms with van der Waals surface area (Å²) in [4.78, 5) is 27.8. The molecule has 1 N–H and O–H groups in total. The van der Waals surface area contributed by atoms with Crippen LogP contribution in [0.2, 0.25) is 0 Å². The van der Waals surface area contributed by atoms with Crippen LogP contribution in [0.3, 0.4) is 0 Å². The number of rotatable bonds is 9. The second kappa shape index (κ2) is 10.9. The minimum Gasteiger partial charge on any atom is -0.352 e. The van der Waals surface area contributed by atoms with E-state index in [4.69, 9.17) is 0 Å². The molecular formula is C25H33N3O4S. The monoisotopic (exact) mass is 471 g/mol. The minimum absolute atomic E-state index is 0.130. The lowest BCUT2D eigenvalue weighted by atomic mass is 10.1. The van der Waals surface area contributed by atoms with Gasteiger partial charge in [0.1, 0.15) is 6.04 Å². The van der Waals surface area contributed by atoms with Gasteiger partial charge in [-0.1, -0.05) is 60.9 Å². The summed E-state index contributed by atoms with van der Waals surface area (Å²) in [5.41, 5.74) is 1.82. The maximum atomic E-state index is 13.3. The van der Waals surface area contributed by atoms with Gasteiger partial charge in [-0.2, -0.15) is 4.31 Å². The number of aryl methyl sites for hydroxylation is 1. The number of nitrogens with one attached hydrogen (secondary N) is 1. The summed E-state index contributed by atoms with van der Waals surface area (Å²) >= 11 is 0. The van der Waals surface area contributed by atoms with Crippen molar-refractivity contribution in [3.63, 3.8) is 0 Å². The normalized spacial score (nSPS) is 15.4. The van der Waals surface area contributed by atoms with Crippen LogP contribution in [-0.2, 0) is 26.2 Å². The van der Waals surface area contributed by atoms with E-state index in [0.717, 1.165) is 41.1 Å². The maximum Gasteiger partial charge on any atom is 0.243 e. The molecule has 178 valence electrons. The van der Waals surface area contributed by atoms with Crippen molar-refractivity contribution >= 4 is 21.8 Å². The Balaban J connectivity index is 1.77. The predicted molar refractivity (Wildman–Crippen MR) is 128 cm³/mol. The minimum atomic E-state index is -3.84. The lowest BCUT2D eigenvalue weighted by Crippen LogP contribution is -2.52. The highest BCUT2D eigenvalue weighted by molar-refractivity contribution is 7.89. The summed E-state index contributed by atoms with van der Waals surface area (Å²) in [6.45, 7) is 3.43. The predicted octanol–water partition coefficient (Wildman–Crippen LogP) is 3.09. The standard InChI is InChI=1S/C25H33N3O4S/c1-19-13-15-23(16-14-19)33(31,32)27(3)18-24(29)28(17-21-9-5-4-6-10-21)20(2)25(30)26-22-11-7-8-12-22/h4-6,9-10,13-16,20,22H,7-8,11-12,17-18H2,1-3H3,(H,26,30)/t20-/m1/s1. The van der Waals surface area contributed by atoms with Crippen molar-refractivity contribution in [1.82, 2.24) is 14.5 Å². The second-order valence-electron chi connectivity index (χ2n) is 8.75. The lowest BCUT2D eigenvalue weighted by molar-refractivity contribution is -0.140. The Morgan fingerprint density at radius 3 is 2.24 bits per heavy atom. The van der Waals surface area contributed by atoms with Crippen molar-refractivity contribution in [3.05, 3.63) is 65.7 Å². The molecule has 1 saturated carbocycles. The Morgan fingerprint density at radius 1 is 1.03 bits per heavy atom. The first-order valence-electron chi connectivity index (χ1n) is 11.4. The van der Waals surface area contributed by atoms with Gasteiger partial charge in [-0.05, 0) is 44.4 Å².